The molecule has 0 bridgehead atoms. The quantitative estimate of drug-likeness (QED) is 0.496. The van der Waals surface area contributed by atoms with E-state index in [9.17, 15) is 0 Å². The third-order valence-corrected chi connectivity index (χ3v) is 5.16. The summed E-state index contributed by atoms with van der Waals surface area (Å²) in [5.41, 5.74) is 3.96. The highest BCUT2D eigenvalue weighted by Gasteiger charge is 2.12. The Kier molecular flexibility index (Phi) is 3.84. The first-order valence-electron chi connectivity index (χ1n) is 8.33. The van der Waals surface area contributed by atoms with Crippen molar-refractivity contribution in [3.05, 3.63) is 48.0 Å². The zero-order valence-corrected chi connectivity index (χ0v) is 14.9. The average Bonchev–Trinajstić information content (AvgIpc) is 3.40. The molecular weight excluding hydrogens is 364 g/mol. The fourth-order valence-corrected chi connectivity index (χ4v) is 3.78. The topological polar surface area (TPSA) is 107 Å². The second-order valence-electron chi connectivity index (χ2n) is 5.95. The van der Waals surface area contributed by atoms with Crippen LogP contribution in [0.1, 0.15) is 5.01 Å². The van der Waals surface area contributed by atoms with Gasteiger partial charge in [0.1, 0.15) is 10.5 Å². The van der Waals surface area contributed by atoms with Crippen molar-refractivity contribution >= 4 is 32.7 Å². The Morgan fingerprint density at radius 1 is 1.07 bits per heavy atom. The Balaban J connectivity index is 1.50. The Bertz CT molecular complexity index is 1210. The number of aliphatic hydroxyl groups excluding tert-OH is 1. The fourth-order valence-electron chi connectivity index (χ4n) is 2.86. The molecular formula is C17H14N8OS. The minimum atomic E-state index is 0.0436. The second-order valence-corrected chi connectivity index (χ2v) is 7.07. The zero-order chi connectivity index (χ0) is 18.2. The Hall–Kier alpha value is -3.24. The van der Waals surface area contributed by atoms with Crippen LogP contribution < -0.4 is 0 Å². The molecule has 0 aliphatic carbocycles. The van der Waals surface area contributed by atoms with Gasteiger partial charge in [0, 0.05) is 18.0 Å². The molecule has 10 heteroatoms. The molecule has 0 unspecified atom stereocenters. The Morgan fingerprint density at radius 3 is 2.93 bits per heavy atom. The maximum Gasteiger partial charge on any atom is 0.179 e. The van der Waals surface area contributed by atoms with Gasteiger partial charge in [0.25, 0.3) is 0 Å². The van der Waals surface area contributed by atoms with Gasteiger partial charge in [-0.2, -0.15) is 5.10 Å². The van der Waals surface area contributed by atoms with Crippen molar-refractivity contribution in [3.63, 3.8) is 0 Å². The summed E-state index contributed by atoms with van der Waals surface area (Å²) in [5.74, 6) is 0. The lowest BCUT2D eigenvalue weighted by Crippen LogP contribution is -2.03. The van der Waals surface area contributed by atoms with Gasteiger partial charge in [0.05, 0.1) is 48.0 Å². The molecule has 5 aromatic rings. The van der Waals surface area contributed by atoms with E-state index in [-0.39, 0.29) is 6.61 Å². The minimum Gasteiger partial charge on any atom is -0.394 e. The molecule has 0 spiro atoms. The minimum absolute atomic E-state index is 0.0436. The monoisotopic (exact) mass is 378 g/mol. The van der Waals surface area contributed by atoms with Crippen molar-refractivity contribution in [2.75, 3.05) is 6.61 Å². The Morgan fingerprint density at radius 2 is 2.04 bits per heavy atom. The van der Waals surface area contributed by atoms with Gasteiger partial charge < -0.3 is 5.11 Å². The number of nitrogens with zero attached hydrogens (tertiary/aromatic N) is 8. The fraction of sp³-hybridized carbons (Fsp3) is 0.176. The van der Waals surface area contributed by atoms with E-state index in [0.29, 0.717) is 18.7 Å². The summed E-state index contributed by atoms with van der Waals surface area (Å²) in [4.78, 5) is 13.4. The van der Waals surface area contributed by atoms with E-state index in [0.717, 1.165) is 32.0 Å². The van der Waals surface area contributed by atoms with Gasteiger partial charge in [-0.1, -0.05) is 5.21 Å². The van der Waals surface area contributed by atoms with E-state index in [1.165, 1.54) is 0 Å². The third kappa shape index (κ3) is 2.94. The molecule has 9 nitrogen and oxygen atoms in total. The molecule has 1 N–H and O–H groups in total. The van der Waals surface area contributed by atoms with Crippen molar-refractivity contribution in [3.8, 4) is 11.3 Å². The van der Waals surface area contributed by atoms with Crippen LogP contribution in [0.3, 0.4) is 0 Å². The van der Waals surface area contributed by atoms with Gasteiger partial charge in [0.2, 0.25) is 0 Å². The molecule has 0 radical (unpaired) electrons. The number of aliphatic hydroxyl groups is 1. The molecule has 0 amide bonds. The largest absolute Gasteiger partial charge is 0.394 e. The molecule has 0 aliphatic rings. The van der Waals surface area contributed by atoms with E-state index < -0.39 is 0 Å². The van der Waals surface area contributed by atoms with E-state index in [2.05, 4.69) is 25.4 Å². The van der Waals surface area contributed by atoms with Gasteiger partial charge in [-0.3, -0.25) is 9.67 Å². The standard InChI is InChI=1S/C17H14N8OS/c26-6-5-24-9-11(7-19-24)12-1-2-13-17(21-12)25(23-22-13)10-16-20-14-8-18-4-3-15(14)27-16/h1-4,7-9,26H,5-6,10H2. The number of thiazole rings is 1. The highest BCUT2D eigenvalue weighted by Crippen LogP contribution is 2.23. The van der Waals surface area contributed by atoms with Crippen LogP contribution in [0.15, 0.2) is 43.0 Å². The predicted octanol–water partition coefficient (Wildman–Crippen LogP) is 1.74. The molecule has 0 atom stereocenters. The smallest absolute Gasteiger partial charge is 0.179 e. The van der Waals surface area contributed by atoms with Crippen LogP contribution in [0, 0.1) is 0 Å². The number of pyridine rings is 2. The molecule has 0 saturated carbocycles. The van der Waals surface area contributed by atoms with Gasteiger partial charge in [-0.05, 0) is 18.2 Å². The first kappa shape index (κ1) is 16.0. The molecule has 5 rings (SSSR count). The highest BCUT2D eigenvalue weighted by atomic mass is 32.1. The molecule has 0 fully saturated rings. The summed E-state index contributed by atoms with van der Waals surface area (Å²) in [6, 6.07) is 5.74. The van der Waals surface area contributed by atoms with Gasteiger partial charge >= 0.3 is 0 Å². The van der Waals surface area contributed by atoms with Crippen molar-refractivity contribution < 1.29 is 5.11 Å². The molecule has 27 heavy (non-hydrogen) atoms. The van der Waals surface area contributed by atoms with Crippen LogP contribution in [-0.4, -0.2) is 51.4 Å². The zero-order valence-electron chi connectivity index (χ0n) is 14.1. The van der Waals surface area contributed by atoms with Gasteiger partial charge in [0.15, 0.2) is 5.65 Å². The maximum atomic E-state index is 9.04. The number of aromatic nitrogens is 8. The normalized spacial score (nSPS) is 11.6. The summed E-state index contributed by atoms with van der Waals surface area (Å²) in [6.45, 7) is 0.992. The summed E-state index contributed by atoms with van der Waals surface area (Å²) >= 11 is 1.61. The highest BCUT2D eigenvalue weighted by molar-refractivity contribution is 7.18. The number of fused-ring (bicyclic) bond motifs is 2. The summed E-state index contributed by atoms with van der Waals surface area (Å²) in [7, 11) is 0. The van der Waals surface area contributed by atoms with Crippen molar-refractivity contribution in [1.82, 2.24) is 39.7 Å². The predicted molar refractivity (Wildman–Crippen MR) is 100 cm³/mol. The average molecular weight is 378 g/mol. The van der Waals surface area contributed by atoms with Crippen LogP contribution in [0.25, 0.3) is 32.6 Å². The van der Waals surface area contributed by atoms with Crippen LogP contribution in [0.4, 0.5) is 0 Å². The first-order valence-corrected chi connectivity index (χ1v) is 9.15. The lowest BCUT2D eigenvalue weighted by Gasteiger charge is -2.00. The SMILES string of the molecule is OCCn1cc(-c2ccc3nnn(Cc4nc5cnccc5s4)c3n2)cn1. The van der Waals surface area contributed by atoms with E-state index >= 15 is 0 Å². The molecule has 0 aromatic carbocycles. The van der Waals surface area contributed by atoms with E-state index in [1.54, 1.807) is 39.3 Å². The van der Waals surface area contributed by atoms with E-state index in [4.69, 9.17) is 10.1 Å². The number of hydrogen-bond acceptors (Lipinski definition) is 8. The molecule has 0 aliphatic heterocycles. The van der Waals surface area contributed by atoms with Crippen LogP contribution in [0.2, 0.25) is 0 Å². The van der Waals surface area contributed by atoms with E-state index in [1.807, 2.05) is 24.4 Å². The van der Waals surface area contributed by atoms with Crippen molar-refractivity contribution in [2.24, 2.45) is 0 Å². The van der Waals surface area contributed by atoms with Crippen LogP contribution in [-0.2, 0) is 13.1 Å². The van der Waals surface area contributed by atoms with Crippen molar-refractivity contribution in [2.45, 2.75) is 13.1 Å². The third-order valence-electron chi connectivity index (χ3n) is 4.14. The number of rotatable bonds is 5. The molecule has 134 valence electrons. The van der Waals surface area contributed by atoms with Gasteiger partial charge in [-0.15, -0.1) is 16.4 Å². The first-order chi connectivity index (χ1) is 13.3. The Labute approximate surface area is 156 Å². The molecule has 5 aromatic heterocycles. The summed E-state index contributed by atoms with van der Waals surface area (Å²) in [5, 5.41) is 22.6. The maximum absolute atomic E-state index is 9.04. The van der Waals surface area contributed by atoms with Crippen LogP contribution in [0.5, 0.6) is 0 Å². The summed E-state index contributed by atoms with van der Waals surface area (Å²) in [6.07, 6.45) is 7.12. The lowest BCUT2D eigenvalue weighted by atomic mass is 10.2. The molecule has 0 saturated heterocycles. The van der Waals surface area contributed by atoms with Gasteiger partial charge in [-0.25, -0.2) is 14.6 Å². The number of hydrogen-bond donors (Lipinski definition) is 1. The second kappa shape index (κ2) is 6.49. The molecule has 5 heterocycles. The lowest BCUT2D eigenvalue weighted by molar-refractivity contribution is 0.269. The summed E-state index contributed by atoms with van der Waals surface area (Å²) < 4.78 is 4.53. The van der Waals surface area contributed by atoms with Crippen LogP contribution >= 0.6 is 11.3 Å². The van der Waals surface area contributed by atoms with Crippen molar-refractivity contribution in [1.29, 1.82) is 0 Å².